The van der Waals surface area contributed by atoms with Crippen molar-refractivity contribution in [3.05, 3.63) is 30.3 Å². The molecule has 0 saturated carbocycles. The van der Waals surface area contributed by atoms with Crippen LogP contribution >= 0.6 is 0 Å². The van der Waals surface area contributed by atoms with Gasteiger partial charge in [-0.15, -0.1) is 0 Å². The van der Waals surface area contributed by atoms with Gasteiger partial charge in [-0.05, 0) is 32.1 Å². The normalized spacial score (nSPS) is 10.8. The molecule has 0 spiro atoms. The molecule has 0 fully saturated rings. The van der Waals surface area contributed by atoms with Crippen molar-refractivity contribution in [2.45, 2.75) is 26.2 Å². The van der Waals surface area contributed by atoms with E-state index in [-0.39, 0.29) is 0 Å². The van der Waals surface area contributed by atoms with Gasteiger partial charge in [0.2, 0.25) is 0 Å². The smallest absolute Gasteiger partial charge is 0.0364 e. The fraction of sp³-hybridized carbons (Fsp3) is 0.600. The number of unbranched alkanes of at least 4 members (excludes halogenated alkanes) is 2. The van der Waals surface area contributed by atoms with E-state index in [1.807, 2.05) is 0 Å². The topological polar surface area (TPSA) is 6.48 Å². The highest BCUT2D eigenvalue weighted by molar-refractivity contribution is 5.44. The molecule has 0 amide bonds. The molecule has 1 rings (SSSR count). The van der Waals surface area contributed by atoms with Gasteiger partial charge in [0.1, 0.15) is 0 Å². The Balaban J connectivity index is 2.21. The van der Waals surface area contributed by atoms with Gasteiger partial charge < -0.3 is 9.80 Å². The third kappa shape index (κ3) is 5.73. The lowest BCUT2D eigenvalue weighted by molar-refractivity contribution is 0.332. The van der Waals surface area contributed by atoms with Crippen molar-refractivity contribution in [1.29, 1.82) is 0 Å². The molecule has 0 unspecified atom stereocenters. The second-order valence-corrected chi connectivity index (χ2v) is 4.77. The molecular weight excluding hydrogens is 208 g/mol. The molecule has 0 saturated heterocycles. The molecule has 17 heavy (non-hydrogen) atoms. The summed E-state index contributed by atoms with van der Waals surface area (Å²) in [5.74, 6) is 0. The molecule has 0 bridgehead atoms. The maximum Gasteiger partial charge on any atom is 0.0364 e. The SMILES string of the molecule is CCCCCN(C)CCN(C)c1ccccc1. The summed E-state index contributed by atoms with van der Waals surface area (Å²) in [6.45, 7) is 5.70. The lowest BCUT2D eigenvalue weighted by Gasteiger charge is -2.23. The van der Waals surface area contributed by atoms with Gasteiger partial charge in [0.05, 0.1) is 0 Å². The summed E-state index contributed by atoms with van der Waals surface area (Å²) in [6.07, 6.45) is 3.97. The third-order valence-electron chi connectivity index (χ3n) is 3.16. The molecule has 0 heterocycles. The summed E-state index contributed by atoms with van der Waals surface area (Å²) >= 11 is 0. The largest absolute Gasteiger partial charge is 0.373 e. The van der Waals surface area contributed by atoms with Gasteiger partial charge in [-0.3, -0.25) is 0 Å². The molecule has 0 atom stereocenters. The maximum atomic E-state index is 2.43. The zero-order valence-electron chi connectivity index (χ0n) is 11.5. The van der Waals surface area contributed by atoms with E-state index >= 15 is 0 Å². The second kappa shape index (κ2) is 8.13. The first-order valence-corrected chi connectivity index (χ1v) is 6.68. The Kier molecular flexibility index (Phi) is 6.71. The van der Waals surface area contributed by atoms with Crippen molar-refractivity contribution in [3.63, 3.8) is 0 Å². The first-order valence-electron chi connectivity index (χ1n) is 6.68. The number of likely N-dealkylation sites (N-methyl/N-ethyl adjacent to an activating group) is 2. The van der Waals surface area contributed by atoms with Crippen molar-refractivity contribution in [2.75, 3.05) is 38.6 Å². The Bertz CT molecular complexity index is 284. The summed E-state index contributed by atoms with van der Waals surface area (Å²) in [4.78, 5) is 4.74. The van der Waals surface area contributed by atoms with E-state index in [1.165, 1.54) is 31.5 Å². The number of hydrogen-bond donors (Lipinski definition) is 0. The van der Waals surface area contributed by atoms with Crippen LogP contribution in [0, 0.1) is 0 Å². The Hall–Kier alpha value is -1.02. The molecule has 1 aromatic carbocycles. The van der Waals surface area contributed by atoms with E-state index in [4.69, 9.17) is 0 Å². The Morgan fingerprint density at radius 2 is 1.59 bits per heavy atom. The summed E-state index contributed by atoms with van der Waals surface area (Å²) in [5.41, 5.74) is 1.30. The van der Waals surface area contributed by atoms with Crippen LogP contribution in [0.2, 0.25) is 0 Å². The minimum absolute atomic E-state index is 1.09. The zero-order valence-corrected chi connectivity index (χ0v) is 11.5. The Morgan fingerprint density at radius 3 is 2.24 bits per heavy atom. The van der Waals surface area contributed by atoms with Crippen molar-refractivity contribution >= 4 is 5.69 Å². The Morgan fingerprint density at radius 1 is 0.882 bits per heavy atom. The first kappa shape index (κ1) is 14.0. The van der Waals surface area contributed by atoms with E-state index in [9.17, 15) is 0 Å². The lowest BCUT2D eigenvalue weighted by Crippen LogP contribution is -2.31. The van der Waals surface area contributed by atoms with Crippen molar-refractivity contribution < 1.29 is 0 Å². The molecule has 1 aromatic rings. The van der Waals surface area contributed by atoms with Gasteiger partial charge in [-0.25, -0.2) is 0 Å². The molecule has 2 heteroatoms. The molecule has 0 aliphatic rings. The standard InChI is InChI=1S/C15H26N2/c1-4-5-9-12-16(2)13-14-17(3)15-10-7-6-8-11-15/h6-8,10-11H,4-5,9,12-14H2,1-3H3. The molecule has 96 valence electrons. The van der Waals surface area contributed by atoms with Crippen molar-refractivity contribution in [2.24, 2.45) is 0 Å². The van der Waals surface area contributed by atoms with Crippen LogP contribution in [0.15, 0.2) is 30.3 Å². The van der Waals surface area contributed by atoms with Crippen LogP contribution in [-0.4, -0.2) is 38.6 Å². The van der Waals surface area contributed by atoms with Gasteiger partial charge in [-0.1, -0.05) is 38.0 Å². The molecular formula is C15H26N2. The fourth-order valence-electron chi connectivity index (χ4n) is 1.88. The van der Waals surface area contributed by atoms with Gasteiger partial charge in [-0.2, -0.15) is 0 Å². The number of rotatable bonds is 8. The first-order chi connectivity index (χ1) is 8.24. The minimum Gasteiger partial charge on any atom is -0.373 e. The lowest BCUT2D eigenvalue weighted by atomic mass is 10.2. The summed E-state index contributed by atoms with van der Waals surface area (Å²) in [7, 11) is 4.38. The van der Waals surface area contributed by atoms with Crippen LogP contribution in [0.4, 0.5) is 5.69 Å². The van der Waals surface area contributed by atoms with E-state index in [2.05, 4.69) is 61.2 Å². The highest BCUT2D eigenvalue weighted by Crippen LogP contribution is 2.10. The summed E-state index contributed by atoms with van der Waals surface area (Å²) in [6, 6.07) is 10.6. The van der Waals surface area contributed by atoms with Crippen LogP contribution in [0.1, 0.15) is 26.2 Å². The number of para-hydroxylation sites is 1. The predicted molar refractivity (Wildman–Crippen MR) is 76.7 cm³/mol. The Labute approximate surface area is 106 Å². The summed E-state index contributed by atoms with van der Waals surface area (Å²) < 4.78 is 0. The van der Waals surface area contributed by atoms with Crippen LogP contribution in [-0.2, 0) is 0 Å². The molecule has 0 N–H and O–H groups in total. The predicted octanol–water partition coefficient (Wildman–Crippen LogP) is 3.24. The average Bonchev–Trinajstić information content (AvgIpc) is 2.37. The monoisotopic (exact) mass is 234 g/mol. The van der Waals surface area contributed by atoms with Crippen LogP contribution in [0.5, 0.6) is 0 Å². The number of anilines is 1. The van der Waals surface area contributed by atoms with E-state index < -0.39 is 0 Å². The van der Waals surface area contributed by atoms with E-state index in [1.54, 1.807) is 0 Å². The maximum absolute atomic E-state index is 2.43. The fourth-order valence-corrected chi connectivity index (χ4v) is 1.88. The van der Waals surface area contributed by atoms with Crippen molar-refractivity contribution in [3.8, 4) is 0 Å². The molecule has 2 nitrogen and oxygen atoms in total. The highest BCUT2D eigenvalue weighted by atomic mass is 15.2. The molecule has 0 radical (unpaired) electrons. The molecule has 0 aromatic heterocycles. The highest BCUT2D eigenvalue weighted by Gasteiger charge is 2.02. The van der Waals surface area contributed by atoms with Gasteiger partial charge in [0.25, 0.3) is 0 Å². The van der Waals surface area contributed by atoms with Gasteiger partial charge in [0, 0.05) is 25.8 Å². The minimum atomic E-state index is 1.09. The summed E-state index contributed by atoms with van der Waals surface area (Å²) in [5, 5.41) is 0. The van der Waals surface area contributed by atoms with Crippen LogP contribution < -0.4 is 4.90 Å². The molecule has 0 aliphatic heterocycles. The number of hydrogen-bond acceptors (Lipinski definition) is 2. The van der Waals surface area contributed by atoms with Crippen LogP contribution in [0.3, 0.4) is 0 Å². The van der Waals surface area contributed by atoms with Crippen LogP contribution in [0.25, 0.3) is 0 Å². The second-order valence-electron chi connectivity index (χ2n) is 4.77. The zero-order chi connectivity index (χ0) is 12.5. The van der Waals surface area contributed by atoms with Crippen molar-refractivity contribution in [1.82, 2.24) is 4.90 Å². The third-order valence-corrected chi connectivity index (χ3v) is 3.16. The quantitative estimate of drug-likeness (QED) is 0.637. The number of benzene rings is 1. The van der Waals surface area contributed by atoms with E-state index in [0.717, 1.165) is 13.1 Å². The van der Waals surface area contributed by atoms with Gasteiger partial charge >= 0.3 is 0 Å². The van der Waals surface area contributed by atoms with E-state index in [0.29, 0.717) is 0 Å². The molecule has 0 aliphatic carbocycles. The van der Waals surface area contributed by atoms with Gasteiger partial charge in [0.15, 0.2) is 0 Å². The number of nitrogens with zero attached hydrogens (tertiary/aromatic N) is 2. The average molecular weight is 234 g/mol.